The first-order valence-electron chi connectivity index (χ1n) is 9.04. The molecule has 6 nitrogen and oxygen atoms in total. The fraction of sp³-hybridized carbons (Fsp3) is 0.579. The molecule has 0 aliphatic carbocycles. The molecule has 1 aromatic carbocycles. The average molecular weight is 345 g/mol. The van der Waals surface area contributed by atoms with Gasteiger partial charge in [0.25, 0.3) is 0 Å². The monoisotopic (exact) mass is 345 g/mol. The number of carbonyl (C=O) groups is 2. The highest BCUT2D eigenvalue weighted by atomic mass is 16.5. The van der Waals surface area contributed by atoms with E-state index in [0.717, 1.165) is 25.9 Å². The molecule has 2 aliphatic rings. The lowest BCUT2D eigenvalue weighted by atomic mass is 9.79. The number of hydrogen-bond donors (Lipinski definition) is 2. The zero-order chi connectivity index (χ0) is 17.7. The molecular weight excluding hydrogens is 318 g/mol. The second-order valence-corrected chi connectivity index (χ2v) is 7.09. The van der Waals surface area contributed by atoms with E-state index in [2.05, 4.69) is 22.3 Å². The lowest BCUT2D eigenvalue weighted by molar-refractivity contribution is -0.134. The number of hydrogen-bond acceptors (Lipinski definition) is 4. The van der Waals surface area contributed by atoms with Crippen LogP contribution in [0.1, 0.15) is 31.2 Å². The van der Waals surface area contributed by atoms with E-state index in [1.54, 1.807) is 0 Å². The second kappa shape index (κ2) is 7.97. The lowest BCUT2D eigenvalue weighted by Crippen LogP contribution is -2.52. The van der Waals surface area contributed by atoms with Crippen molar-refractivity contribution in [1.29, 1.82) is 0 Å². The first kappa shape index (κ1) is 17.9. The summed E-state index contributed by atoms with van der Waals surface area (Å²) < 4.78 is 5.34. The predicted octanol–water partition coefficient (Wildman–Crippen LogP) is 1.05. The van der Waals surface area contributed by atoms with Crippen molar-refractivity contribution in [3.63, 3.8) is 0 Å². The maximum absolute atomic E-state index is 12.7. The molecule has 2 amide bonds. The van der Waals surface area contributed by atoms with Gasteiger partial charge in [-0.25, -0.2) is 0 Å². The number of likely N-dealkylation sites (tertiary alicyclic amines) is 1. The lowest BCUT2D eigenvalue weighted by Gasteiger charge is -2.35. The van der Waals surface area contributed by atoms with Crippen molar-refractivity contribution >= 4 is 11.8 Å². The maximum Gasteiger partial charge on any atom is 0.237 e. The Hall–Kier alpha value is -1.92. The van der Waals surface area contributed by atoms with Crippen LogP contribution in [0.5, 0.6) is 0 Å². The van der Waals surface area contributed by atoms with Crippen LogP contribution in [0.4, 0.5) is 0 Å². The quantitative estimate of drug-likeness (QED) is 0.807. The summed E-state index contributed by atoms with van der Waals surface area (Å²) in [5.74, 6) is -0.343. The molecule has 0 radical (unpaired) electrons. The van der Waals surface area contributed by atoms with Gasteiger partial charge in [-0.05, 0) is 37.8 Å². The molecular formula is C19H27N3O3. The van der Waals surface area contributed by atoms with Crippen molar-refractivity contribution < 1.29 is 14.3 Å². The van der Waals surface area contributed by atoms with Gasteiger partial charge in [0.1, 0.15) is 0 Å². The fourth-order valence-corrected chi connectivity index (χ4v) is 3.78. The van der Waals surface area contributed by atoms with Crippen LogP contribution in [-0.2, 0) is 20.9 Å². The Morgan fingerprint density at radius 1 is 1.24 bits per heavy atom. The van der Waals surface area contributed by atoms with Crippen LogP contribution in [0.15, 0.2) is 30.3 Å². The largest absolute Gasteiger partial charge is 0.381 e. The highest BCUT2D eigenvalue weighted by molar-refractivity contribution is 5.85. The van der Waals surface area contributed by atoms with Gasteiger partial charge in [0.05, 0.1) is 11.5 Å². The Morgan fingerprint density at radius 2 is 1.96 bits per heavy atom. The first-order chi connectivity index (χ1) is 12.1. The summed E-state index contributed by atoms with van der Waals surface area (Å²) in [6.07, 6.45) is 3.01. The third kappa shape index (κ3) is 4.19. The van der Waals surface area contributed by atoms with Gasteiger partial charge in [-0.2, -0.15) is 0 Å². The highest BCUT2D eigenvalue weighted by Gasteiger charge is 2.40. The normalized spacial score (nSPS) is 23.3. The number of carbonyl (C=O) groups excluding carboxylic acids is 2. The van der Waals surface area contributed by atoms with Gasteiger partial charge >= 0.3 is 0 Å². The molecule has 0 bridgehead atoms. The minimum Gasteiger partial charge on any atom is -0.381 e. The van der Waals surface area contributed by atoms with Crippen LogP contribution in [0, 0.1) is 5.41 Å². The summed E-state index contributed by atoms with van der Waals surface area (Å²) in [4.78, 5) is 26.9. The topological polar surface area (TPSA) is 84.7 Å². The number of primary amides is 1. The summed E-state index contributed by atoms with van der Waals surface area (Å²) in [6, 6.07) is 10.1. The standard InChI is InChI=1S/C19H27N3O3/c20-18(24)19(8-11-25-12-9-19)14-21-17(23)16-7-4-10-22(16)13-15-5-2-1-3-6-15/h1-3,5-6,16H,4,7-14H2,(H2,20,24)(H,21,23)/t16-/m0/s1. The SMILES string of the molecule is NC(=O)C1(CNC(=O)[C@@H]2CCCN2Cc2ccccc2)CCOCC1. The third-order valence-electron chi connectivity index (χ3n) is 5.47. The molecule has 3 N–H and O–H groups in total. The zero-order valence-electron chi connectivity index (χ0n) is 14.6. The van der Waals surface area contributed by atoms with E-state index in [9.17, 15) is 9.59 Å². The van der Waals surface area contributed by atoms with Gasteiger partial charge in [0, 0.05) is 26.3 Å². The Balaban J connectivity index is 1.59. The van der Waals surface area contributed by atoms with Crippen molar-refractivity contribution in [2.45, 2.75) is 38.3 Å². The minimum atomic E-state index is -0.670. The Bertz CT molecular complexity index is 599. The molecule has 1 aromatic rings. The smallest absolute Gasteiger partial charge is 0.237 e. The van der Waals surface area contributed by atoms with Crippen molar-refractivity contribution in [2.24, 2.45) is 11.1 Å². The van der Waals surface area contributed by atoms with E-state index >= 15 is 0 Å². The molecule has 3 rings (SSSR count). The summed E-state index contributed by atoms with van der Waals surface area (Å²) in [7, 11) is 0. The summed E-state index contributed by atoms with van der Waals surface area (Å²) >= 11 is 0. The average Bonchev–Trinajstić information content (AvgIpc) is 3.09. The number of nitrogens with zero attached hydrogens (tertiary/aromatic N) is 1. The summed E-state index contributed by atoms with van der Waals surface area (Å²) in [5, 5.41) is 3.00. The van der Waals surface area contributed by atoms with E-state index in [1.165, 1.54) is 5.56 Å². The molecule has 25 heavy (non-hydrogen) atoms. The molecule has 136 valence electrons. The Labute approximate surface area is 148 Å². The van der Waals surface area contributed by atoms with Gasteiger partial charge < -0.3 is 15.8 Å². The van der Waals surface area contributed by atoms with Gasteiger partial charge in [0.2, 0.25) is 11.8 Å². The maximum atomic E-state index is 12.7. The number of ether oxygens (including phenoxy) is 1. The van der Waals surface area contributed by atoms with E-state index in [1.807, 2.05) is 18.2 Å². The van der Waals surface area contributed by atoms with E-state index in [0.29, 0.717) is 32.6 Å². The van der Waals surface area contributed by atoms with E-state index in [4.69, 9.17) is 10.5 Å². The molecule has 0 unspecified atom stereocenters. The minimum absolute atomic E-state index is 0.000507. The molecule has 0 saturated carbocycles. The first-order valence-corrected chi connectivity index (χ1v) is 9.04. The number of rotatable bonds is 6. The predicted molar refractivity (Wildman–Crippen MR) is 94.6 cm³/mol. The molecule has 2 saturated heterocycles. The van der Waals surface area contributed by atoms with E-state index in [-0.39, 0.29) is 17.9 Å². The molecule has 0 aromatic heterocycles. The van der Waals surface area contributed by atoms with Crippen LogP contribution in [-0.4, -0.2) is 49.1 Å². The van der Waals surface area contributed by atoms with Gasteiger partial charge in [-0.15, -0.1) is 0 Å². The molecule has 2 aliphatic heterocycles. The summed E-state index contributed by atoms with van der Waals surface area (Å²) in [5.41, 5.74) is 6.15. The van der Waals surface area contributed by atoms with Gasteiger partial charge in [-0.3, -0.25) is 14.5 Å². The van der Waals surface area contributed by atoms with Crippen molar-refractivity contribution in [2.75, 3.05) is 26.3 Å². The van der Waals surface area contributed by atoms with Crippen molar-refractivity contribution in [1.82, 2.24) is 10.2 Å². The number of nitrogens with one attached hydrogen (secondary N) is 1. The molecule has 2 fully saturated rings. The molecule has 1 atom stereocenters. The van der Waals surface area contributed by atoms with Gasteiger partial charge in [0.15, 0.2) is 0 Å². The zero-order valence-corrected chi connectivity index (χ0v) is 14.6. The van der Waals surface area contributed by atoms with Crippen molar-refractivity contribution in [3.05, 3.63) is 35.9 Å². The number of benzene rings is 1. The second-order valence-electron chi connectivity index (χ2n) is 7.09. The van der Waals surface area contributed by atoms with Crippen LogP contribution < -0.4 is 11.1 Å². The Morgan fingerprint density at radius 3 is 2.64 bits per heavy atom. The van der Waals surface area contributed by atoms with Crippen molar-refractivity contribution in [3.8, 4) is 0 Å². The molecule has 2 heterocycles. The van der Waals surface area contributed by atoms with Gasteiger partial charge in [-0.1, -0.05) is 30.3 Å². The van der Waals surface area contributed by atoms with Crippen LogP contribution >= 0.6 is 0 Å². The van der Waals surface area contributed by atoms with Crippen LogP contribution in [0.3, 0.4) is 0 Å². The molecule has 0 spiro atoms. The van der Waals surface area contributed by atoms with Crippen LogP contribution in [0.2, 0.25) is 0 Å². The van der Waals surface area contributed by atoms with Crippen LogP contribution in [0.25, 0.3) is 0 Å². The Kier molecular flexibility index (Phi) is 5.71. The fourth-order valence-electron chi connectivity index (χ4n) is 3.78. The third-order valence-corrected chi connectivity index (χ3v) is 5.47. The number of amides is 2. The van der Waals surface area contributed by atoms with E-state index < -0.39 is 5.41 Å². The highest BCUT2D eigenvalue weighted by Crippen LogP contribution is 2.29. The summed E-state index contributed by atoms with van der Waals surface area (Å²) in [6.45, 7) is 3.03. The molecule has 6 heteroatoms. The number of nitrogens with two attached hydrogens (primary N) is 1.